The van der Waals surface area contributed by atoms with E-state index in [1.54, 1.807) is 13.8 Å². The highest BCUT2D eigenvalue weighted by molar-refractivity contribution is 9.10. The Morgan fingerprint density at radius 2 is 0.900 bits per heavy atom. The highest BCUT2D eigenvalue weighted by Crippen LogP contribution is 2.53. The lowest BCUT2D eigenvalue weighted by Crippen LogP contribution is -2.13. The summed E-state index contributed by atoms with van der Waals surface area (Å²) in [5.74, 6) is 0. The molecule has 0 radical (unpaired) electrons. The van der Waals surface area contributed by atoms with Crippen LogP contribution in [0.25, 0.3) is 43.8 Å². The Balaban J connectivity index is 0.000000188. The van der Waals surface area contributed by atoms with Gasteiger partial charge in [0, 0.05) is 15.7 Å². The van der Waals surface area contributed by atoms with Gasteiger partial charge in [0.15, 0.2) is 0 Å². The van der Waals surface area contributed by atoms with E-state index in [4.69, 9.17) is 20.3 Å². The minimum atomic E-state index is -3.34. The fourth-order valence-electron chi connectivity index (χ4n) is 5.23. The highest BCUT2D eigenvalue weighted by atomic mass is 79.9. The Morgan fingerprint density at radius 1 is 0.500 bits per heavy atom. The van der Waals surface area contributed by atoms with Crippen LogP contribution in [0.2, 0.25) is 0 Å². The molecule has 0 spiro atoms. The van der Waals surface area contributed by atoms with E-state index in [1.807, 2.05) is 62.4 Å². The molecule has 0 aliphatic heterocycles. The number of hydrogen-bond acceptors (Lipinski definition) is 6. The van der Waals surface area contributed by atoms with Crippen LogP contribution in [0.5, 0.6) is 0 Å². The summed E-state index contributed by atoms with van der Waals surface area (Å²) < 4.78 is 45.3. The minimum Gasteiger partial charge on any atom is -0.305 e. The Kier molecular flexibility index (Phi) is 15.5. The molecule has 0 fully saturated rings. The molecule has 0 bridgehead atoms. The highest BCUT2D eigenvalue weighted by Gasteiger charge is 2.29. The lowest BCUT2D eigenvalue weighted by molar-refractivity contribution is 0.230. The molecule has 0 saturated carbocycles. The molecule has 0 amide bonds. The first-order valence-electron chi connectivity index (χ1n) is 16.4. The molecule has 0 unspecified atom stereocenters. The second-order valence-electron chi connectivity index (χ2n) is 10.7. The maximum atomic E-state index is 13.2. The lowest BCUT2D eigenvalue weighted by atomic mass is 10.0. The third-order valence-electron chi connectivity index (χ3n) is 7.36. The molecular formula is C40H42BrClO6P2. The second-order valence-corrected chi connectivity index (χ2v) is 16.2. The predicted molar refractivity (Wildman–Crippen MR) is 214 cm³/mol. The number of rotatable bonds is 11. The number of halogens is 2. The first kappa shape index (κ1) is 39.7. The Morgan fingerprint density at radius 3 is 1.38 bits per heavy atom. The molecule has 50 heavy (non-hydrogen) atoms. The predicted octanol–water partition coefficient (Wildman–Crippen LogP) is 13.1. The monoisotopic (exact) mass is 794 g/mol. The van der Waals surface area contributed by atoms with E-state index >= 15 is 0 Å². The average Bonchev–Trinajstić information content (AvgIpc) is 3.12. The minimum absolute atomic E-state index is 0.306. The summed E-state index contributed by atoms with van der Waals surface area (Å²) in [7, 11) is -3.34. The van der Waals surface area contributed by atoms with Crippen LogP contribution >= 0.6 is 41.7 Å². The third-order valence-corrected chi connectivity index (χ3v) is 11.9. The first-order chi connectivity index (χ1) is 24.1. The molecule has 10 heteroatoms. The van der Waals surface area contributed by atoms with E-state index < -0.39 is 14.5 Å². The van der Waals surface area contributed by atoms with Gasteiger partial charge in [-0.3, -0.25) is 13.6 Å². The van der Waals surface area contributed by atoms with Gasteiger partial charge in [0.2, 0.25) is 0 Å². The van der Waals surface area contributed by atoms with Crippen LogP contribution < -0.4 is 5.30 Å². The number of benzene rings is 6. The molecule has 262 valence electrons. The van der Waals surface area contributed by atoms with Gasteiger partial charge in [-0.25, -0.2) is 4.57 Å². The van der Waals surface area contributed by atoms with Crippen molar-refractivity contribution in [2.24, 2.45) is 0 Å². The van der Waals surface area contributed by atoms with Crippen molar-refractivity contribution in [2.45, 2.75) is 27.7 Å². The summed E-state index contributed by atoms with van der Waals surface area (Å²) in [6.45, 7) is 5.12. The summed E-state index contributed by atoms with van der Waals surface area (Å²) in [6.07, 6.45) is 0. The van der Waals surface area contributed by atoms with E-state index in [9.17, 15) is 9.13 Å². The molecule has 6 rings (SSSR count). The quantitative estimate of drug-likeness (QED) is 0.122. The van der Waals surface area contributed by atoms with Gasteiger partial charge in [-0.2, -0.15) is 0 Å². The van der Waals surface area contributed by atoms with Gasteiger partial charge in [-0.1, -0.05) is 125 Å². The van der Waals surface area contributed by atoms with E-state index in [1.165, 1.54) is 27.3 Å². The molecule has 0 heterocycles. The van der Waals surface area contributed by atoms with Crippen LogP contribution in [-0.2, 0) is 27.2 Å². The van der Waals surface area contributed by atoms with Gasteiger partial charge in [-0.05, 0) is 95.8 Å². The number of fused-ring (bicyclic) bond motifs is 2. The Bertz CT molecular complexity index is 2070. The molecule has 0 saturated heterocycles. The molecule has 6 aromatic carbocycles. The van der Waals surface area contributed by atoms with E-state index in [0.717, 1.165) is 21.0 Å². The Hall–Kier alpha value is -3.09. The van der Waals surface area contributed by atoms with Gasteiger partial charge in [0.25, 0.3) is 0 Å². The standard InChI is InChI=1S/C20H21O3P.C16H11Br.C4H10ClO3P/c1-3-22-24(21,23-4-2)20-12-8-7-11-19(20)18-14-13-16-9-5-6-10-17(16)15-18;17-16-8-4-3-7-15(16)14-10-9-12-5-1-2-6-13(12)11-14;1-3-7-9(5,6)8-4-2/h5-15H,3-4H2,1-2H3;1-11H;3-4H2,1-2H3. The molecular weight excluding hydrogens is 754 g/mol. The van der Waals surface area contributed by atoms with Gasteiger partial charge in [0.05, 0.1) is 31.7 Å². The lowest BCUT2D eigenvalue weighted by Gasteiger charge is -2.20. The SMILES string of the molecule is Brc1ccccc1-c1ccc2ccccc2c1.CCOP(=O)(Cl)OCC.CCOP(=O)(OCC)c1ccccc1-c1ccc2ccccc2c1. The zero-order valence-corrected chi connectivity index (χ0v) is 32.8. The molecule has 6 nitrogen and oxygen atoms in total. The zero-order valence-electron chi connectivity index (χ0n) is 28.6. The van der Waals surface area contributed by atoms with Gasteiger partial charge in [-0.15, -0.1) is 0 Å². The van der Waals surface area contributed by atoms with Crippen molar-refractivity contribution in [1.82, 2.24) is 0 Å². The van der Waals surface area contributed by atoms with Crippen molar-refractivity contribution in [3.8, 4) is 22.3 Å². The summed E-state index contributed by atoms with van der Waals surface area (Å²) in [5, 5.41) is 5.50. The topological polar surface area (TPSA) is 71.1 Å². The zero-order chi connectivity index (χ0) is 36.0. The fourth-order valence-corrected chi connectivity index (χ4v) is 8.82. The van der Waals surface area contributed by atoms with Crippen molar-refractivity contribution < 1.29 is 27.2 Å². The van der Waals surface area contributed by atoms with Gasteiger partial charge >= 0.3 is 14.5 Å². The average molecular weight is 796 g/mol. The first-order valence-corrected chi connectivity index (χ1v) is 21.2. The molecule has 0 atom stereocenters. The van der Waals surface area contributed by atoms with E-state index in [0.29, 0.717) is 31.7 Å². The third kappa shape index (κ3) is 11.0. The molecule has 0 aromatic heterocycles. The Labute approximate surface area is 308 Å². The molecule has 6 aromatic rings. The van der Waals surface area contributed by atoms with Gasteiger partial charge < -0.3 is 9.05 Å². The summed E-state index contributed by atoms with van der Waals surface area (Å²) in [5.41, 5.74) is 4.37. The van der Waals surface area contributed by atoms with Crippen molar-refractivity contribution in [3.63, 3.8) is 0 Å². The van der Waals surface area contributed by atoms with E-state index in [2.05, 4.69) is 110 Å². The van der Waals surface area contributed by atoms with Gasteiger partial charge in [0.1, 0.15) is 0 Å². The smallest absolute Gasteiger partial charge is 0.305 e. The second kappa shape index (κ2) is 19.5. The molecule has 0 aliphatic rings. The van der Waals surface area contributed by atoms with Crippen molar-refractivity contribution in [3.05, 3.63) is 138 Å². The summed E-state index contributed by atoms with van der Waals surface area (Å²) >= 11 is 8.84. The molecule has 0 aliphatic carbocycles. The van der Waals surface area contributed by atoms with Crippen LogP contribution in [-0.4, -0.2) is 26.4 Å². The maximum absolute atomic E-state index is 13.2. The summed E-state index contributed by atoms with van der Waals surface area (Å²) in [6, 6.07) is 45.3. The molecule has 0 N–H and O–H groups in total. The van der Waals surface area contributed by atoms with Crippen molar-refractivity contribution >= 4 is 68.6 Å². The maximum Gasteiger partial charge on any atom is 0.424 e. The van der Waals surface area contributed by atoms with Crippen LogP contribution in [0.15, 0.2) is 138 Å². The normalized spacial score (nSPS) is 11.4. The van der Waals surface area contributed by atoms with Crippen molar-refractivity contribution in [1.29, 1.82) is 0 Å². The largest absolute Gasteiger partial charge is 0.424 e. The van der Waals surface area contributed by atoms with Crippen LogP contribution in [0.4, 0.5) is 0 Å². The number of hydrogen-bond donors (Lipinski definition) is 0. The van der Waals surface area contributed by atoms with Crippen LogP contribution in [0, 0.1) is 0 Å². The van der Waals surface area contributed by atoms with E-state index in [-0.39, 0.29) is 0 Å². The van der Waals surface area contributed by atoms with Crippen LogP contribution in [0.1, 0.15) is 27.7 Å². The van der Waals surface area contributed by atoms with Crippen molar-refractivity contribution in [2.75, 3.05) is 26.4 Å². The summed E-state index contributed by atoms with van der Waals surface area (Å²) in [4.78, 5) is 0. The van der Waals surface area contributed by atoms with Crippen LogP contribution in [0.3, 0.4) is 0 Å². The fraction of sp³-hybridized carbons (Fsp3) is 0.200.